The van der Waals surface area contributed by atoms with Crippen molar-refractivity contribution in [2.75, 3.05) is 6.54 Å². The maximum atomic E-state index is 11.3. The SMILES string of the molecule is CC1CC(C)CC(NC(=O)NCC(=O)O)C1. The largest absolute Gasteiger partial charge is 0.480 e. The summed E-state index contributed by atoms with van der Waals surface area (Å²) in [7, 11) is 0. The lowest BCUT2D eigenvalue weighted by atomic mass is 9.80. The zero-order valence-electron chi connectivity index (χ0n) is 9.82. The number of carboxylic acid groups (broad SMARTS) is 1. The molecular weight excluding hydrogens is 208 g/mol. The van der Waals surface area contributed by atoms with E-state index in [1.54, 1.807) is 0 Å². The summed E-state index contributed by atoms with van der Waals surface area (Å²) in [5.41, 5.74) is 0. The molecule has 1 fully saturated rings. The van der Waals surface area contributed by atoms with Crippen LogP contribution in [0.25, 0.3) is 0 Å². The Hall–Kier alpha value is -1.26. The number of rotatable bonds is 3. The first-order valence-corrected chi connectivity index (χ1v) is 5.73. The second-order valence-electron chi connectivity index (χ2n) is 4.84. The third-order valence-electron chi connectivity index (χ3n) is 2.91. The fraction of sp³-hybridized carbons (Fsp3) is 0.818. The predicted molar refractivity (Wildman–Crippen MR) is 60.1 cm³/mol. The van der Waals surface area contributed by atoms with Crippen LogP contribution in [0.3, 0.4) is 0 Å². The summed E-state index contributed by atoms with van der Waals surface area (Å²) in [6.07, 6.45) is 3.16. The van der Waals surface area contributed by atoms with Gasteiger partial charge in [-0.15, -0.1) is 0 Å². The van der Waals surface area contributed by atoms with Crippen LogP contribution in [-0.4, -0.2) is 29.7 Å². The number of carbonyl (C=O) groups is 2. The second kappa shape index (κ2) is 5.72. The quantitative estimate of drug-likeness (QED) is 0.679. The second-order valence-corrected chi connectivity index (χ2v) is 4.84. The Morgan fingerprint density at radius 1 is 1.19 bits per heavy atom. The summed E-state index contributed by atoms with van der Waals surface area (Å²) in [5, 5.41) is 13.5. The van der Waals surface area contributed by atoms with E-state index in [2.05, 4.69) is 24.5 Å². The van der Waals surface area contributed by atoms with Crippen molar-refractivity contribution in [3.05, 3.63) is 0 Å². The van der Waals surface area contributed by atoms with Crippen LogP contribution in [0.2, 0.25) is 0 Å². The Labute approximate surface area is 95.6 Å². The molecule has 2 amide bonds. The molecule has 3 N–H and O–H groups in total. The molecule has 0 aromatic heterocycles. The van der Waals surface area contributed by atoms with Gasteiger partial charge >= 0.3 is 12.0 Å². The van der Waals surface area contributed by atoms with Gasteiger partial charge in [0, 0.05) is 6.04 Å². The molecule has 92 valence electrons. The maximum absolute atomic E-state index is 11.3. The lowest BCUT2D eigenvalue weighted by Gasteiger charge is -2.31. The van der Waals surface area contributed by atoms with Crippen LogP contribution in [0, 0.1) is 11.8 Å². The van der Waals surface area contributed by atoms with Gasteiger partial charge in [-0.3, -0.25) is 4.79 Å². The summed E-state index contributed by atoms with van der Waals surface area (Å²) in [6.45, 7) is 4.03. The molecule has 0 saturated heterocycles. The minimum Gasteiger partial charge on any atom is -0.480 e. The van der Waals surface area contributed by atoms with Gasteiger partial charge in [0.15, 0.2) is 0 Å². The van der Waals surface area contributed by atoms with E-state index in [9.17, 15) is 9.59 Å². The third-order valence-corrected chi connectivity index (χ3v) is 2.91. The molecule has 0 aromatic carbocycles. The van der Waals surface area contributed by atoms with E-state index in [4.69, 9.17) is 5.11 Å². The standard InChI is InChI=1S/C11H20N2O3/c1-7-3-8(2)5-9(4-7)13-11(16)12-6-10(14)15/h7-9H,3-6H2,1-2H3,(H,14,15)(H2,12,13,16). The highest BCUT2D eigenvalue weighted by atomic mass is 16.4. The summed E-state index contributed by atoms with van der Waals surface area (Å²) < 4.78 is 0. The van der Waals surface area contributed by atoms with Crippen LogP contribution in [-0.2, 0) is 4.79 Å². The topological polar surface area (TPSA) is 78.4 Å². The Bertz CT molecular complexity index is 258. The molecule has 1 aliphatic rings. The average Bonchev–Trinajstić information content (AvgIpc) is 2.12. The monoisotopic (exact) mass is 228 g/mol. The molecule has 1 saturated carbocycles. The van der Waals surface area contributed by atoms with Gasteiger partial charge < -0.3 is 15.7 Å². The van der Waals surface area contributed by atoms with Crippen molar-refractivity contribution < 1.29 is 14.7 Å². The molecule has 0 radical (unpaired) electrons. The Balaban J connectivity index is 2.30. The van der Waals surface area contributed by atoms with Gasteiger partial charge in [0.25, 0.3) is 0 Å². The predicted octanol–water partition coefficient (Wildman–Crippen LogP) is 1.19. The third kappa shape index (κ3) is 4.51. The molecule has 0 aliphatic heterocycles. The molecule has 0 aromatic rings. The van der Waals surface area contributed by atoms with Gasteiger partial charge in [0.1, 0.15) is 6.54 Å². The van der Waals surface area contributed by atoms with E-state index in [1.165, 1.54) is 6.42 Å². The zero-order valence-corrected chi connectivity index (χ0v) is 9.82. The smallest absolute Gasteiger partial charge is 0.323 e. The Morgan fingerprint density at radius 2 is 1.75 bits per heavy atom. The molecule has 1 aliphatic carbocycles. The first-order valence-electron chi connectivity index (χ1n) is 5.73. The van der Waals surface area contributed by atoms with E-state index >= 15 is 0 Å². The number of urea groups is 1. The van der Waals surface area contributed by atoms with Gasteiger partial charge in [0.2, 0.25) is 0 Å². The van der Waals surface area contributed by atoms with Gasteiger partial charge in [-0.1, -0.05) is 13.8 Å². The molecular formula is C11H20N2O3. The molecule has 5 nitrogen and oxygen atoms in total. The summed E-state index contributed by atoms with van der Waals surface area (Å²) >= 11 is 0. The normalized spacial score (nSPS) is 29.5. The first-order chi connectivity index (χ1) is 7.47. The van der Waals surface area contributed by atoms with Crippen molar-refractivity contribution in [1.82, 2.24) is 10.6 Å². The molecule has 2 atom stereocenters. The number of carbonyl (C=O) groups excluding carboxylic acids is 1. The molecule has 2 unspecified atom stereocenters. The van der Waals surface area contributed by atoms with E-state index < -0.39 is 5.97 Å². The van der Waals surface area contributed by atoms with Crippen LogP contribution in [0.1, 0.15) is 33.1 Å². The van der Waals surface area contributed by atoms with Crippen molar-refractivity contribution in [2.45, 2.75) is 39.2 Å². The van der Waals surface area contributed by atoms with Crippen molar-refractivity contribution in [2.24, 2.45) is 11.8 Å². The highest BCUT2D eigenvalue weighted by Crippen LogP contribution is 2.28. The highest BCUT2D eigenvalue weighted by molar-refractivity contribution is 5.79. The van der Waals surface area contributed by atoms with Crippen molar-refractivity contribution >= 4 is 12.0 Å². The van der Waals surface area contributed by atoms with Crippen LogP contribution in [0.4, 0.5) is 4.79 Å². The molecule has 5 heteroatoms. The van der Waals surface area contributed by atoms with Crippen molar-refractivity contribution in [3.63, 3.8) is 0 Å². The number of amides is 2. The number of hydrogen-bond donors (Lipinski definition) is 3. The number of carboxylic acids is 1. The molecule has 16 heavy (non-hydrogen) atoms. The van der Waals surface area contributed by atoms with Crippen LogP contribution in [0.5, 0.6) is 0 Å². The van der Waals surface area contributed by atoms with E-state index in [0.29, 0.717) is 11.8 Å². The Kier molecular flexibility index (Phi) is 4.58. The van der Waals surface area contributed by atoms with Gasteiger partial charge in [-0.05, 0) is 31.1 Å². The molecule has 0 spiro atoms. The number of nitrogens with one attached hydrogen (secondary N) is 2. The highest BCUT2D eigenvalue weighted by Gasteiger charge is 2.24. The summed E-state index contributed by atoms with van der Waals surface area (Å²) in [5.74, 6) is 0.211. The van der Waals surface area contributed by atoms with E-state index in [0.717, 1.165) is 12.8 Å². The van der Waals surface area contributed by atoms with Crippen LogP contribution >= 0.6 is 0 Å². The first kappa shape index (κ1) is 12.8. The average molecular weight is 228 g/mol. The zero-order chi connectivity index (χ0) is 12.1. The van der Waals surface area contributed by atoms with E-state index in [1.807, 2.05) is 0 Å². The van der Waals surface area contributed by atoms with Crippen LogP contribution < -0.4 is 10.6 Å². The Morgan fingerprint density at radius 3 is 2.25 bits per heavy atom. The minimum absolute atomic E-state index is 0.174. The minimum atomic E-state index is -1.03. The van der Waals surface area contributed by atoms with Gasteiger partial charge in [-0.2, -0.15) is 0 Å². The van der Waals surface area contributed by atoms with Crippen molar-refractivity contribution in [3.8, 4) is 0 Å². The van der Waals surface area contributed by atoms with Crippen LogP contribution in [0.15, 0.2) is 0 Å². The summed E-state index contributed by atoms with van der Waals surface area (Å²) in [4.78, 5) is 21.6. The fourth-order valence-corrected chi connectivity index (χ4v) is 2.46. The van der Waals surface area contributed by atoms with E-state index in [-0.39, 0.29) is 18.6 Å². The van der Waals surface area contributed by atoms with Gasteiger partial charge in [0.05, 0.1) is 0 Å². The molecule has 1 rings (SSSR count). The fourth-order valence-electron chi connectivity index (χ4n) is 2.46. The lowest BCUT2D eigenvalue weighted by molar-refractivity contribution is -0.135. The maximum Gasteiger partial charge on any atom is 0.323 e. The van der Waals surface area contributed by atoms with Gasteiger partial charge in [-0.25, -0.2) is 4.79 Å². The molecule has 0 heterocycles. The number of aliphatic carboxylic acids is 1. The lowest BCUT2D eigenvalue weighted by Crippen LogP contribution is -2.46. The van der Waals surface area contributed by atoms with Crippen molar-refractivity contribution in [1.29, 1.82) is 0 Å². The molecule has 0 bridgehead atoms. The number of hydrogen-bond acceptors (Lipinski definition) is 2. The summed E-state index contributed by atoms with van der Waals surface area (Å²) in [6, 6.07) is -0.207.